The topological polar surface area (TPSA) is 56.1 Å². The standard InChI is InChI=1S/C22H23N3O2/c1-3-27-22(26)20-14-24-25(21(20)23-2)17-10-4-9-16(13-17)19-12-6-8-15-7-5-11-18(15)19/h4,6,8-10,12-14,23H,3,5,7,11H2,1-2H3. The molecule has 0 atom stereocenters. The number of nitrogens with one attached hydrogen (secondary N) is 1. The third-order valence-electron chi connectivity index (χ3n) is 5.05. The Morgan fingerprint density at radius 3 is 2.89 bits per heavy atom. The molecule has 2 aromatic carbocycles. The summed E-state index contributed by atoms with van der Waals surface area (Å²) in [7, 11) is 1.78. The second-order valence-electron chi connectivity index (χ2n) is 6.64. The minimum Gasteiger partial charge on any atom is -0.462 e. The highest BCUT2D eigenvalue weighted by Gasteiger charge is 2.20. The van der Waals surface area contributed by atoms with Crippen molar-refractivity contribution in [1.82, 2.24) is 9.78 Å². The van der Waals surface area contributed by atoms with E-state index in [0.717, 1.165) is 18.5 Å². The maximum Gasteiger partial charge on any atom is 0.343 e. The van der Waals surface area contributed by atoms with Crippen LogP contribution in [0.1, 0.15) is 34.8 Å². The zero-order valence-electron chi connectivity index (χ0n) is 15.7. The van der Waals surface area contributed by atoms with Crippen molar-refractivity contribution in [2.75, 3.05) is 19.0 Å². The summed E-state index contributed by atoms with van der Waals surface area (Å²) in [6.45, 7) is 2.13. The van der Waals surface area contributed by atoms with Crippen molar-refractivity contribution >= 4 is 11.8 Å². The molecule has 0 bridgehead atoms. The Balaban J connectivity index is 1.76. The highest BCUT2D eigenvalue weighted by Crippen LogP contribution is 2.33. The van der Waals surface area contributed by atoms with Gasteiger partial charge in [-0.15, -0.1) is 0 Å². The van der Waals surface area contributed by atoms with Gasteiger partial charge < -0.3 is 10.1 Å². The lowest BCUT2D eigenvalue weighted by molar-refractivity contribution is 0.0527. The molecule has 0 spiro atoms. The van der Waals surface area contributed by atoms with Crippen molar-refractivity contribution in [2.24, 2.45) is 0 Å². The van der Waals surface area contributed by atoms with Gasteiger partial charge in [0.1, 0.15) is 11.4 Å². The summed E-state index contributed by atoms with van der Waals surface area (Å²) in [4.78, 5) is 12.2. The average Bonchev–Trinajstić information content (AvgIpc) is 3.34. The van der Waals surface area contributed by atoms with E-state index in [2.05, 4.69) is 40.7 Å². The fourth-order valence-corrected chi connectivity index (χ4v) is 3.84. The Kier molecular flexibility index (Phi) is 4.67. The Hall–Kier alpha value is -3.08. The van der Waals surface area contributed by atoms with Crippen LogP contribution in [0.3, 0.4) is 0 Å². The number of anilines is 1. The molecule has 0 saturated heterocycles. The van der Waals surface area contributed by atoms with Crippen LogP contribution in [0.4, 0.5) is 5.82 Å². The lowest BCUT2D eigenvalue weighted by Gasteiger charge is -2.12. The SMILES string of the molecule is CCOC(=O)c1cnn(-c2cccc(-c3cccc4c3CCC4)c2)c1NC. The number of carbonyl (C=O) groups excluding carboxylic acids is 1. The summed E-state index contributed by atoms with van der Waals surface area (Å²) in [5.74, 6) is 0.258. The number of ether oxygens (including phenoxy) is 1. The molecular formula is C22H23N3O2. The summed E-state index contributed by atoms with van der Waals surface area (Å²) in [5, 5.41) is 7.50. The van der Waals surface area contributed by atoms with E-state index >= 15 is 0 Å². The first-order chi connectivity index (χ1) is 13.2. The van der Waals surface area contributed by atoms with Gasteiger partial charge in [0.25, 0.3) is 0 Å². The third-order valence-corrected chi connectivity index (χ3v) is 5.05. The van der Waals surface area contributed by atoms with E-state index < -0.39 is 0 Å². The van der Waals surface area contributed by atoms with Gasteiger partial charge in [0.05, 0.1) is 18.5 Å². The van der Waals surface area contributed by atoms with Crippen molar-refractivity contribution in [3.63, 3.8) is 0 Å². The van der Waals surface area contributed by atoms with Crippen molar-refractivity contribution in [1.29, 1.82) is 0 Å². The number of aryl methyl sites for hydroxylation is 1. The van der Waals surface area contributed by atoms with E-state index in [1.54, 1.807) is 24.9 Å². The van der Waals surface area contributed by atoms with Crippen LogP contribution in [0, 0.1) is 0 Å². The van der Waals surface area contributed by atoms with Gasteiger partial charge in [-0.1, -0.05) is 30.3 Å². The van der Waals surface area contributed by atoms with Crippen molar-refractivity contribution in [3.05, 3.63) is 65.4 Å². The number of rotatable bonds is 5. The molecule has 1 N–H and O–H groups in total. The van der Waals surface area contributed by atoms with E-state index in [0.29, 0.717) is 18.0 Å². The molecule has 5 heteroatoms. The zero-order valence-corrected chi connectivity index (χ0v) is 15.7. The number of hydrogen-bond donors (Lipinski definition) is 1. The van der Waals surface area contributed by atoms with Gasteiger partial charge in [0.15, 0.2) is 0 Å². The largest absolute Gasteiger partial charge is 0.462 e. The van der Waals surface area contributed by atoms with E-state index in [4.69, 9.17) is 4.74 Å². The fourth-order valence-electron chi connectivity index (χ4n) is 3.84. The highest BCUT2D eigenvalue weighted by atomic mass is 16.5. The van der Waals surface area contributed by atoms with E-state index in [-0.39, 0.29) is 5.97 Å². The van der Waals surface area contributed by atoms with Crippen LogP contribution in [-0.4, -0.2) is 29.4 Å². The molecule has 0 unspecified atom stereocenters. The summed E-state index contributed by atoms with van der Waals surface area (Å²) in [6.07, 6.45) is 5.07. The Labute approximate surface area is 159 Å². The minimum atomic E-state index is -0.370. The van der Waals surface area contributed by atoms with Gasteiger partial charge >= 0.3 is 5.97 Å². The van der Waals surface area contributed by atoms with Crippen LogP contribution in [0.2, 0.25) is 0 Å². The lowest BCUT2D eigenvalue weighted by Crippen LogP contribution is -2.09. The van der Waals surface area contributed by atoms with Crippen molar-refractivity contribution in [3.8, 4) is 16.8 Å². The lowest BCUT2D eigenvalue weighted by atomic mass is 9.96. The van der Waals surface area contributed by atoms with Gasteiger partial charge in [-0.3, -0.25) is 0 Å². The zero-order chi connectivity index (χ0) is 18.8. The van der Waals surface area contributed by atoms with E-state index in [9.17, 15) is 4.79 Å². The maximum atomic E-state index is 12.2. The molecule has 27 heavy (non-hydrogen) atoms. The minimum absolute atomic E-state index is 0.335. The predicted molar refractivity (Wildman–Crippen MR) is 107 cm³/mol. The van der Waals surface area contributed by atoms with Crippen molar-refractivity contribution in [2.45, 2.75) is 26.2 Å². The predicted octanol–water partition coefficient (Wildman–Crippen LogP) is 4.25. The quantitative estimate of drug-likeness (QED) is 0.691. The summed E-state index contributed by atoms with van der Waals surface area (Å²) >= 11 is 0. The van der Waals surface area contributed by atoms with Gasteiger partial charge in [-0.2, -0.15) is 5.10 Å². The van der Waals surface area contributed by atoms with Crippen molar-refractivity contribution < 1.29 is 9.53 Å². The molecule has 0 fully saturated rings. The molecule has 4 rings (SSSR count). The molecule has 0 saturated carbocycles. The summed E-state index contributed by atoms with van der Waals surface area (Å²) in [6, 6.07) is 14.8. The van der Waals surface area contributed by atoms with Gasteiger partial charge in [-0.05, 0) is 60.6 Å². The molecule has 1 aromatic heterocycles. The average molecular weight is 361 g/mol. The second kappa shape index (κ2) is 7.27. The first kappa shape index (κ1) is 17.3. The summed E-state index contributed by atoms with van der Waals surface area (Å²) < 4.78 is 6.88. The van der Waals surface area contributed by atoms with E-state index in [1.807, 2.05) is 12.1 Å². The number of aromatic nitrogens is 2. The van der Waals surface area contributed by atoms with Crippen LogP contribution < -0.4 is 5.32 Å². The number of fused-ring (bicyclic) bond motifs is 1. The van der Waals surface area contributed by atoms with E-state index in [1.165, 1.54) is 28.7 Å². The number of nitrogens with zero attached hydrogens (tertiary/aromatic N) is 2. The van der Waals surface area contributed by atoms with Crippen LogP contribution in [0.5, 0.6) is 0 Å². The molecule has 0 amide bonds. The third kappa shape index (κ3) is 3.10. The monoisotopic (exact) mass is 361 g/mol. The molecule has 0 radical (unpaired) electrons. The Morgan fingerprint density at radius 2 is 2.07 bits per heavy atom. The highest BCUT2D eigenvalue weighted by molar-refractivity contribution is 5.95. The van der Waals surface area contributed by atoms with Gasteiger partial charge in [0.2, 0.25) is 0 Å². The number of esters is 1. The Morgan fingerprint density at radius 1 is 1.22 bits per heavy atom. The number of hydrogen-bond acceptors (Lipinski definition) is 4. The molecule has 1 aliphatic rings. The second-order valence-corrected chi connectivity index (χ2v) is 6.64. The van der Waals surface area contributed by atoms with Crippen LogP contribution >= 0.6 is 0 Å². The molecule has 5 nitrogen and oxygen atoms in total. The summed E-state index contributed by atoms with van der Waals surface area (Å²) in [5.41, 5.74) is 6.71. The number of carbonyl (C=O) groups is 1. The van der Waals surface area contributed by atoms with Gasteiger partial charge in [0, 0.05) is 7.05 Å². The fraction of sp³-hybridized carbons (Fsp3) is 0.273. The smallest absolute Gasteiger partial charge is 0.343 e. The first-order valence-electron chi connectivity index (χ1n) is 9.37. The molecule has 138 valence electrons. The molecular weight excluding hydrogens is 338 g/mol. The normalized spacial score (nSPS) is 12.7. The van der Waals surface area contributed by atoms with Gasteiger partial charge in [-0.25, -0.2) is 9.48 Å². The molecule has 3 aromatic rings. The van der Waals surface area contributed by atoms with Crippen LogP contribution in [0.25, 0.3) is 16.8 Å². The number of benzene rings is 2. The van der Waals surface area contributed by atoms with Crippen LogP contribution in [-0.2, 0) is 17.6 Å². The first-order valence-corrected chi connectivity index (χ1v) is 9.37. The maximum absolute atomic E-state index is 12.2. The molecule has 1 aliphatic carbocycles. The Bertz CT molecular complexity index is 991. The van der Waals surface area contributed by atoms with Crippen LogP contribution in [0.15, 0.2) is 48.7 Å². The molecule has 1 heterocycles. The molecule has 0 aliphatic heterocycles.